The molecule has 0 aliphatic heterocycles. The van der Waals surface area contributed by atoms with Crippen molar-refractivity contribution in [2.24, 2.45) is 5.73 Å². The Balaban J connectivity index is 3.01. The van der Waals surface area contributed by atoms with E-state index in [0.29, 0.717) is 17.2 Å². The molecule has 1 aromatic carbocycles. The van der Waals surface area contributed by atoms with E-state index in [0.717, 1.165) is 0 Å². The smallest absolute Gasteiger partial charge is 0.168 e. The minimum Gasteiger partial charge on any atom is -0.497 e. The van der Waals surface area contributed by atoms with Crippen LogP contribution in [-0.2, 0) is 0 Å². The van der Waals surface area contributed by atoms with Gasteiger partial charge in [0.2, 0.25) is 0 Å². The highest BCUT2D eigenvalue weighted by atomic mass is 32.1. The van der Waals surface area contributed by atoms with Crippen LogP contribution in [0.4, 0.5) is 5.69 Å². The molecule has 0 saturated carbocycles. The number of benzene rings is 1. The standard InChI is InChI=1S/C9H12N2O2S/c1-12-6-3-4-8(13-2)7(5-6)11-9(10)14/h3-5H,1-2H3,(H3,10,11,14). The maximum absolute atomic E-state index is 5.36. The average Bonchev–Trinajstić information content (AvgIpc) is 2.16. The van der Waals surface area contributed by atoms with Gasteiger partial charge in [-0.3, -0.25) is 0 Å². The lowest BCUT2D eigenvalue weighted by atomic mass is 10.2. The van der Waals surface area contributed by atoms with Crippen molar-refractivity contribution in [3.63, 3.8) is 0 Å². The molecular weight excluding hydrogens is 200 g/mol. The lowest BCUT2D eigenvalue weighted by Gasteiger charge is -2.10. The Hall–Kier alpha value is -1.49. The summed E-state index contributed by atoms with van der Waals surface area (Å²) in [4.78, 5) is 0. The zero-order valence-electron chi connectivity index (χ0n) is 8.03. The summed E-state index contributed by atoms with van der Waals surface area (Å²) in [6, 6.07) is 5.33. The molecule has 1 rings (SSSR count). The Morgan fingerprint density at radius 3 is 2.57 bits per heavy atom. The van der Waals surface area contributed by atoms with Gasteiger partial charge in [0.1, 0.15) is 11.5 Å². The van der Waals surface area contributed by atoms with E-state index in [2.05, 4.69) is 5.32 Å². The number of rotatable bonds is 3. The second-order valence-corrected chi connectivity index (χ2v) is 3.00. The zero-order chi connectivity index (χ0) is 10.6. The van der Waals surface area contributed by atoms with Gasteiger partial charge in [-0.15, -0.1) is 0 Å². The van der Waals surface area contributed by atoms with E-state index >= 15 is 0 Å². The summed E-state index contributed by atoms with van der Waals surface area (Å²) in [5.74, 6) is 1.38. The lowest BCUT2D eigenvalue weighted by molar-refractivity contribution is 0.405. The van der Waals surface area contributed by atoms with E-state index in [-0.39, 0.29) is 5.11 Å². The van der Waals surface area contributed by atoms with Gasteiger partial charge in [0.15, 0.2) is 5.11 Å². The maximum atomic E-state index is 5.36. The molecule has 0 aliphatic carbocycles. The molecule has 1 aromatic rings. The summed E-state index contributed by atoms with van der Waals surface area (Å²) in [7, 11) is 3.17. The number of ether oxygens (including phenoxy) is 2. The minimum absolute atomic E-state index is 0.191. The topological polar surface area (TPSA) is 56.5 Å². The van der Waals surface area contributed by atoms with Crippen molar-refractivity contribution >= 4 is 23.0 Å². The van der Waals surface area contributed by atoms with Crippen molar-refractivity contribution in [2.75, 3.05) is 19.5 Å². The number of hydrogen-bond acceptors (Lipinski definition) is 3. The fourth-order valence-corrected chi connectivity index (χ4v) is 1.15. The maximum Gasteiger partial charge on any atom is 0.168 e. The number of thiocarbonyl (C=S) groups is 1. The van der Waals surface area contributed by atoms with Crippen LogP contribution in [-0.4, -0.2) is 19.3 Å². The summed E-state index contributed by atoms with van der Waals surface area (Å²) < 4.78 is 10.2. The molecule has 0 amide bonds. The highest BCUT2D eigenvalue weighted by Crippen LogP contribution is 2.28. The van der Waals surface area contributed by atoms with Crippen LogP contribution in [0.1, 0.15) is 0 Å². The Kier molecular flexibility index (Phi) is 3.53. The number of hydrogen-bond donors (Lipinski definition) is 2. The van der Waals surface area contributed by atoms with Gasteiger partial charge in [0.05, 0.1) is 19.9 Å². The van der Waals surface area contributed by atoms with Crippen LogP contribution in [0.3, 0.4) is 0 Å². The second-order valence-electron chi connectivity index (χ2n) is 2.56. The summed E-state index contributed by atoms with van der Waals surface area (Å²) in [5, 5.41) is 2.99. The van der Waals surface area contributed by atoms with Gasteiger partial charge in [-0.1, -0.05) is 0 Å². The van der Waals surface area contributed by atoms with Gasteiger partial charge < -0.3 is 20.5 Å². The van der Waals surface area contributed by atoms with Crippen molar-refractivity contribution in [3.05, 3.63) is 18.2 Å². The van der Waals surface area contributed by atoms with Crippen molar-refractivity contribution < 1.29 is 9.47 Å². The molecule has 14 heavy (non-hydrogen) atoms. The van der Waals surface area contributed by atoms with Crippen molar-refractivity contribution in [1.29, 1.82) is 0 Å². The average molecular weight is 212 g/mol. The second kappa shape index (κ2) is 4.66. The molecule has 5 heteroatoms. The van der Waals surface area contributed by atoms with Gasteiger partial charge in [-0.05, 0) is 24.4 Å². The Morgan fingerprint density at radius 2 is 2.07 bits per heavy atom. The first-order chi connectivity index (χ1) is 6.67. The lowest BCUT2D eigenvalue weighted by Crippen LogP contribution is -2.19. The van der Waals surface area contributed by atoms with E-state index in [1.165, 1.54) is 0 Å². The first-order valence-electron chi connectivity index (χ1n) is 3.96. The first kappa shape index (κ1) is 10.6. The molecule has 0 aliphatic rings. The number of nitrogens with one attached hydrogen (secondary N) is 1. The zero-order valence-corrected chi connectivity index (χ0v) is 8.85. The molecule has 0 heterocycles. The summed E-state index contributed by atoms with van der Waals surface area (Å²) in [5.41, 5.74) is 6.06. The number of methoxy groups -OCH3 is 2. The van der Waals surface area contributed by atoms with E-state index in [1.54, 1.807) is 32.4 Å². The van der Waals surface area contributed by atoms with E-state index in [9.17, 15) is 0 Å². The van der Waals surface area contributed by atoms with Gasteiger partial charge in [-0.2, -0.15) is 0 Å². The summed E-state index contributed by atoms with van der Waals surface area (Å²) in [6.07, 6.45) is 0. The van der Waals surface area contributed by atoms with Crippen LogP contribution in [0.5, 0.6) is 11.5 Å². The molecule has 76 valence electrons. The normalized spacial score (nSPS) is 9.29. The molecule has 4 nitrogen and oxygen atoms in total. The monoisotopic (exact) mass is 212 g/mol. The molecule has 0 aromatic heterocycles. The number of nitrogens with two attached hydrogens (primary N) is 1. The minimum atomic E-state index is 0.191. The molecule has 0 spiro atoms. The fraction of sp³-hybridized carbons (Fsp3) is 0.222. The molecule has 0 bridgehead atoms. The molecule has 0 unspecified atom stereocenters. The fourth-order valence-electron chi connectivity index (χ4n) is 1.04. The molecule has 0 fully saturated rings. The third kappa shape index (κ3) is 2.50. The Bertz CT molecular complexity index is 342. The third-order valence-corrected chi connectivity index (χ3v) is 1.77. The Morgan fingerprint density at radius 1 is 1.36 bits per heavy atom. The van der Waals surface area contributed by atoms with Gasteiger partial charge >= 0.3 is 0 Å². The first-order valence-corrected chi connectivity index (χ1v) is 4.36. The molecule has 0 radical (unpaired) electrons. The largest absolute Gasteiger partial charge is 0.497 e. The predicted octanol–water partition coefficient (Wildman–Crippen LogP) is 1.36. The van der Waals surface area contributed by atoms with Gasteiger partial charge in [-0.25, -0.2) is 0 Å². The van der Waals surface area contributed by atoms with Crippen molar-refractivity contribution in [1.82, 2.24) is 0 Å². The van der Waals surface area contributed by atoms with E-state index in [1.807, 2.05) is 0 Å². The van der Waals surface area contributed by atoms with Crippen LogP contribution in [0.25, 0.3) is 0 Å². The summed E-state index contributed by atoms with van der Waals surface area (Å²) >= 11 is 4.73. The van der Waals surface area contributed by atoms with Crippen LogP contribution in [0.2, 0.25) is 0 Å². The van der Waals surface area contributed by atoms with Crippen LogP contribution < -0.4 is 20.5 Å². The molecular formula is C9H12N2O2S. The molecule has 3 N–H and O–H groups in total. The molecule has 0 atom stereocenters. The quantitative estimate of drug-likeness (QED) is 0.741. The third-order valence-electron chi connectivity index (χ3n) is 1.66. The van der Waals surface area contributed by atoms with Crippen molar-refractivity contribution in [2.45, 2.75) is 0 Å². The van der Waals surface area contributed by atoms with E-state index < -0.39 is 0 Å². The highest BCUT2D eigenvalue weighted by Gasteiger charge is 2.04. The predicted molar refractivity (Wildman–Crippen MR) is 60.0 cm³/mol. The van der Waals surface area contributed by atoms with Crippen LogP contribution in [0, 0.1) is 0 Å². The molecule has 0 saturated heterocycles. The van der Waals surface area contributed by atoms with Crippen molar-refractivity contribution in [3.8, 4) is 11.5 Å². The van der Waals surface area contributed by atoms with Crippen LogP contribution >= 0.6 is 12.2 Å². The van der Waals surface area contributed by atoms with Gasteiger partial charge in [0, 0.05) is 6.07 Å². The van der Waals surface area contributed by atoms with Gasteiger partial charge in [0.25, 0.3) is 0 Å². The van der Waals surface area contributed by atoms with Crippen LogP contribution in [0.15, 0.2) is 18.2 Å². The Labute approximate surface area is 88.0 Å². The number of anilines is 1. The summed E-state index contributed by atoms with van der Waals surface area (Å²) in [6.45, 7) is 0. The SMILES string of the molecule is COc1ccc(OC)c(NC(N)=S)c1. The highest BCUT2D eigenvalue weighted by molar-refractivity contribution is 7.80. The van der Waals surface area contributed by atoms with E-state index in [4.69, 9.17) is 27.4 Å².